The Morgan fingerprint density at radius 1 is 1.25 bits per heavy atom. The number of benzene rings is 1. The number of hydrogen-bond donors (Lipinski definition) is 1. The fourth-order valence-corrected chi connectivity index (χ4v) is 4.56. The maximum Gasteiger partial charge on any atom is 0.244 e. The first-order valence-electron chi connectivity index (χ1n) is 7.56. The van der Waals surface area contributed by atoms with Gasteiger partial charge < -0.3 is 10.2 Å². The minimum absolute atomic E-state index is 0. The van der Waals surface area contributed by atoms with Crippen molar-refractivity contribution in [1.82, 2.24) is 14.5 Å². The number of rotatable bonds is 5. The molecule has 1 atom stereocenters. The highest BCUT2D eigenvalue weighted by molar-refractivity contribution is 7.89. The maximum absolute atomic E-state index is 12.6. The molecule has 1 fully saturated rings. The number of carbonyl (C=O) groups is 1. The van der Waals surface area contributed by atoms with Crippen molar-refractivity contribution in [2.75, 3.05) is 39.8 Å². The van der Waals surface area contributed by atoms with Crippen LogP contribution in [-0.4, -0.2) is 63.3 Å². The molecule has 24 heavy (non-hydrogen) atoms. The van der Waals surface area contributed by atoms with E-state index in [-0.39, 0.29) is 47.2 Å². The molecule has 2 rings (SSSR count). The number of hydrogen-bond acceptors (Lipinski definition) is 4. The Balaban J connectivity index is 0.00000288. The van der Waals surface area contributed by atoms with Crippen LogP contribution in [0.4, 0.5) is 0 Å². The zero-order chi connectivity index (χ0) is 17.0. The van der Waals surface area contributed by atoms with E-state index in [0.29, 0.717) is 19.6 Å². The molecule has 0 aromatic heterocycles. The lowest BCUT2D eigenvalue weighted by Gasteiger charge is -2.35. The van der Waals surface area contributed by atoms with Crippen molar-refractivity contribution >= 4 is 39.9 Å². The molecule has 0 radical (unpaired) electrons. The summed E-state index contributed by atoms with van der Waals surface area (Å²) in [5, 5.41) is 3.20. The quantitative estimate of drug-likeness (QED) is 0.818. The van der Waals surface area contributed by atoms with Gasteiger partial charge >= 0.3 is 0 Å². The van der Waals surface area contributed by atoms with Crippen molar-refractivity contribution in [3.63, 3.8) is 0 Å². The number of piperazine rings is 1. The molecule has 0 bridgehead atoms. The molecule has 1 aliphatic rings. The minimum atomic E-state index is -3.62. The van der Waals surface area contributed by atoms with Crippen LogP contribution in [0.5, 0.6) is 0 Å². The number of nitrogens with zero attached hydrogens (tertiary/aromatic N) is 2. The molecule has 1 unspecified atom stereocenters. The second-order valence-electron chi connectivity index (χ2n) is 5.62. The minimum Gasteiger partial charge on any atom is -0.340 e. The highest BCUT2D eigenvalue weighted by Crippen LogP contribution is 2.25. The Labute approximate surface area is 154 Å². The number of halogens is 2. The van der Waals surface area contributed by atoms with E-state index in [1.165, 1.54) is 10.4 Å². The van der Waals surface area contributed by atoms with Gasteiger partial charge in [0.1, 0.15) is 4.90 Å². The highest BCUT2D eigenvalue weighted by atomic mass is 35.5. The van der Waals surface area contributed by atoms with Gasteiger partial charge in [-0.1, -0.05) is 30.7 Å². The summed E-state index contributed by atoms with van der Waals surface area (Å²) in [6.45, 7) is 3.84. The van der Waals surface area contributed by atoms with Crippen LogP contribution in [-0.2, 0) is 14.8 Å². The predicted octanol–water partition coefficient (Wildman–Crippen LogP) is 1.45. The molecular formula is C15H23Cl2N3O3S. The zero-order valence-corrected chi connectivity index (χ0v) is 16.1. The number of nitrogens with one attached hydrogen (secondary N) is 1. The lowest BCUT2D eigenvalue weighted by Crippen LogP contribution is -2.52. The topological polar surface area (TPSA) is 69.7 Å². The molecular weight excluding hydrogens is 373 g/mol. The van der Waals surface area contributed by atoms with Crippen LogP contribution in [0.3, 0.4) is 0 Å². The summed E-state index contributed by atoms with van der Waals surface area (Å²) in [4.78, 5) is 14.1. The molecule has 136 valence electrons. The fraction of sp³-hybridized carbons (Fsp3) is 0.533. The third kappa shape index (κ3) is 4.61. The predicted molar refractivity (Wildman–Crippen MR) is 97.1 cm³/mol. The normalized spacial score (nSPS) is 17.2. The molecule has 0 saturated carbocycles. The third-order valence-corrected chi connectivity index (χ3v) is 6.34. The lowest BCUT2D eigenvalue weighted by molar-refractivity contribution is -0.136. The molecule has 1 aromatic rings. The van der Waals surface area contributed by atoms with Gasteiger partial charge in [0.25, 0.3) is 0 Å². The summed E-state index contributed by atoms with van der Waals surface area (Å²) >= 11 is 6.01. The van der Waals surface area contributed by atoms with Crippen molar-refractivity contribution in [1.29, 1.82) is 0 Å². The molecule has 1 saturated heterocycles. The van der Waals surface area contributed by atoms with Crippen molar-refractivity contribution in [3.05, 3.63) is 29.3 Å². The van der Waals surface area contributed by atoms with Crippen LogP contribution in [0.2, 0.25) is 5.02 Å². The highest BCUT2D eigenvalue weighted by Gasteiger charge is 2.32. The van der Waals surface area contributed by atoms with Gasteiger partial charge in [-0.2, -0.15) is 4.31 Å². The average Bonchev–Trinajstić information content (AvgIpc) is 2.54. The van der Waals surface area contributed by atoms with Crippen LogP contribution in [0.1, 0.15) is 6.92 Å². The van der Waals surface area contributed by atoms with E-state index in [4.69, 9.17) is 11.6 Å². The molecule has 1 N–H and O–H groups in total. The summed E-state index contributed by atoms with van der Waals surface area (Å²) in [6, 6.07) is 6.41. The molecule has 1 heterocycles. The van der Waals surface area contributed by atoms with E-state index >= 15 is 0 Å². The second kappa shape index (κ2) is 9.01. The van der Waals surface area contributed by atoms with E-state index < -0.39 is 10.0 Å². The first-order chi connectivity index (χ1) is 10.9. The second-order valence-corrected chi connectivity index (χ2v) is 7.93. The van der Waals surface area contributed by atoms with Crippen LogP contribution in [0.15, 0.2) is 29.2 Å². The largest absolute Gasteiger partial charge is 0.340 e. The van der Waals surface area contributed by atoms with Gasteiger partial charge in [-0.3, -0.25) is 4.79 Å². The van der Waals surface area contributed by atoms with Crippen molar-refractivity contribution in [2.45, 2.75) is 11.8 Å². The zero-order valence-electron chi connectivity index (χ0n) is 13.7. The van der Waals surface area contributed by atoms with E-state index in [1.54, 1.807) is 30.1 Å². The Hall–Kier alpha value is -0.860. The summed E-state index contributed by atoms with van der Waals surface area (Å²) in [5.41, 5.74) is 0. The standard InChI is InChI=1S/C15H22ClN3O3S.ClH/c1-12(11-17-2)15(20)18-7-9-19(10-8-18)23(21,22)14-6-4-3-5-13(14)16;/h3-6,12,17H,7-11H2,1-2H3;1H. The Kier molecular flexibility index (Phi) is 7.95. The summed E-state index contributed by atoms with van der Waals surface area (Å²) < 4.78 is 26.7. The first kappa shape index (κ1) is 21.2. The summed E-state index contributed by atoms with van der Waals surface area (Å²) in [5.74, 6) is -0.0686. The lowest BCUT2D eigenvalue weighted by atomic mass is 10.1. The van der Waals surface area contributed by atoms with Gasteiger partial charge in [0.2, 0.25) is 15.9 Å². The monoisotopic (exact) mass is 395 g/mol. The van der Waals surface area contributed by atoms with Gasteiger partial charge in [-0.05, 0) is 19.2 Å². The smallest absolute Gasteiger partial charge is 0.244 e. The van der Waals surface area contributed by atoms with Crippen molar-refractivity contribution in [3.8, 4) is 0 Å². The van der Waals surface area contributed by atoms with Crippen molar-refractivity contribution < 1.29 is 13.2 Å². The molecule has 9 heteroatoms. The van der Waals surface area contributed by atoms with E-state index in [9.17, 15) is 13.2 Å². The molecule has 1 aliphatic heterocycles. The van der Waals surface area contributed by atoms with Crippen LogP contribution in [0.25, 0.3) is 0 Å². The van der Waals surface area contributed by atoms with Crippen LogP contribution < -0.4 is 5.32 Å². The van der Waals surface area contributed by atoms with Gasteiger partial charge in [0.05, 0.1) is 5.02 Å². The molecule has 0 aliphatic carbocycles. The molecule has 6 nitrogen and oxygen atoms in total. The van der Waals surface area contributed by atoms with Crippen LogP contribution in [0, 0.1) is 5.92 Å². The van der Waals surface area contributed by atoms with Gasteiger partial charge in [0.15, 0.2) is 0 Å². The fourth-order valence-electron chi connectivity index (χ4n) is 2.65. The molecule has 0 spiro atoms. The van der Waals surface area contributed by atoms with Gasteiger partial charge in [0, 0.05) is 38.6 Å². The first-order valence-corrected chi connectivity index (χ1v) is 9.37. The van der Waals surface area contributed by atoms with Crippen molar-refractivity contribution in [2.24, 2.45) is 5.92 Å². The molecule has 1 amide bonds. The number of carbonyl (C=O) groups excluding carboxylic acids is 1. The van der Waals surface area contributed by atoms with E-state index in [2.05, 4.69) is 5.32 Å². The Bertz CT molecular complexity index is 662. The Morgan fingerprint density at radius 3 is 2.38 bits per heavy atom. The van der Waals surface area contributed by atoms with E-state index in [0.717, 1.165) is 0 Å². The van der Waals surface area contributed by atoms with Gasteiger partial charge in [-0.15, -0.1) is 12.4 Å². The average molecular weight is 396 g/mol. The maximum atomic E-state index is 12.6. The van der Waals surface area contributed by atoms with Gasteiger partial charge in [-0.25, -0.2) is 8.42 Å². The number of sulfonamides is 1. The third-order valence-electron chi connectivity index (χ3n) is 3.94. The number of amides is 1. The summed E-state index contributed by atoms with van der Waals surface area (Å²) in [7, 11) is -1.82. The van der Waals surface area contributed by atoms with Crippen LogP contribution >= 0.6 is 24.0 Å². The van der Waals surface area contributed by atoms with E-state index in [1.807, 2.05) is 6.92 Å². The summed E-state index contributed by atoms with van der Waals surface area (Å²) in [6.07, 6.45) is 0. The Morgan fingerprint density at radius 2 is 1.83 bits per heavy atom. The SMILES string of the molecule is CNCC(C)C(=O)N1CCN(S(=O)(=O)c2ccccc2Cl)CC1.Cl. The molecule has 1 aromatic carbocycles.